The molecule has 3 rings (SSSR count). The zero-order valence-electron chi connectivity index (χ0n) is 23.1. The molecule has 15 heteroatoms. The zero-order valence-corrected chi connectivity index (χ0v) is 23.9. The van der Waals surface area contributed by atoms with Crippen LogP contribution >= 0.6 is 0 Å². The highest BCUT2D eigenvalue weighted by Gasteiger charge is 2.40. The first-order valence-corrected chi connectivity index (χ1v) is 14.8. The second kappa shape index (κ2) is 12.1. The lowest BCUT2D eigenvalue weighted by molar-refractivity contribution is -0.143. The lowest BCUT2D eigenvalue weighted by Crippen LogP contribution is -2.52. The van der Waals surface area contributed by atoms with Crippen LogP contribution in [0.5, 0.6) is 0 Å². The van der Waals surface area contributed by atoms with Crippen LogP contribution in [0.15, 0.2) is 36.4 Å². The van der Waals surface area contributed by atoms with E-state index in [4.69, 9.17) is 0 Å². The van der Waals surface area contributed by atoms with E-state index in [0.29, 0.717) is 23.3 Å². The normalized spacial score (nSPS) is 18.9. The number of sulfone groups is 1. The average Bonchev–Trinajstić information content (AvgIpc) is 2.85. The molecular weight excluding hydrogens is 595 g/mol. The maximum absolute atomic E-state index is 13.9. The van der Waals surface area contributed by atoms with Crippen molar-refractivity contribution in [2.75, 3.05) is 25.6 Å². The fraction of sp³-hybridized carbons (Fsp3) is 0.481. The average molecular weight is 626 g/mol. The number of likely N-dealkylation sites (tertiary alicyclic amines) is 1. The molecule has 0 aliphatic carbocycles. The zero-order chi connectivity index (χ0) is 31.8. The first-order valence-electron chi connectivity index (χ1n) is 12.7. The number of aryl methyl sites for hydroxylation is 1. The Morgan fingerprint density at radius 2 is 1.62 bits per heavy atom. The number of halogens is 7. The second-order valence-electron chi connectivity index (χ2n) is 10.5. The van der Waals surface area contributed by atoms with Crippen molar-refractivity contribution in [3.63, 3.8) is 0 Å². The van der Waals surface area contributed by atoms with Crippen LogP contribution in [0.2, 0.25) is 0 Å². The van der Waals surface area contributed by atoms with E-state index in [2.05, 4.69) is 5.32 Å². The van der Waals surface area contributed by atoms with Gasteiger partial charge in [0, 0.05) is 25.9 Å². The summed E-state index contributed by atoms with van der Waals surface area (Å²) >= 11 is 0. The molecule has 1 N–H and O–H groups in total. The van der Waals surface area contributed by atoms with E-state index in [0.717, 1.165) is 11.2 Å². The van der Waals surface area contributed by atoms with E-state index in [1.807, 2.05) is 0 Å². The monoisotopic (exact) mass is 625 g/mol. The molecule has 0 aromatic heterocycles. The number of amides is 3. The van der Waals surface area contributed by atoms with Crippen LogP contribution in [-0.2, 0) is 27.0 Å². The Morgan fingerprint density at radius 3 is 2.12 bits per heavy atom. The van der Waals surface area contributed by atoms with Crippen molar-refractivity contribution in [2.45, 2.75) is 57.2 Å². The van der Waals surface area contributed by atoms with Gasteiger partial charge in [0.05, 0.1) is 23.2 Å². The topological polar surface area (TPSA) is 86.8 Å². The molecule has 1 saturated heterocycles. The van der Waals surface area contributed by atoms with Gasteiger partial charge >= 0.3 is 18.4 Å². The minimum atomic E-state index is -5.06. The number of nitrogens with zero attached hydrogens (tertiary/aromatic N) is 2. The predicted octanol–water partition coefficient (Wildman–Crippen LogP) is 5.65. The van der Waals surface area contributed by atoms with Crippen LogP contribution in [-0.4, -0.2) is 61.8 Å². The maximum Gasteiger partial charge on any atom is 0.416 e. The molecule has 0 saturated carbocycles. The summed E-state index contributed by atoms with van der Waals surface area (Å²) in [6, 6.07) is 1.70. The van der Waals surface area contributed by atoms with Gasteiger partial charge in [0.25, 0.3) is 0 Å². The Morgan fingerprint density at radius 1 is 1.05 bits per heavy atom. The fourth-order valence-corrected chi connectivity index (χ4v) is 5.51. The number of benzene rings is 2. The number of nitrogens with one attached hydrogen (secondary N) is 1. The van der Waals surface area contributed by atoms with Gasteiger partial charge in [-0.25, -0.2) is 17.6 Å². The van der Waals surface area contributed by atoms with Crippen LogP contribution < -0.4 is 5.32 Å². The van der Waals surface area contributed by atoms with Crippen LogP contribution in [0, 0.1) is 12.7 Å². The van der Waals surface area contributed by atoms with Crippen molar-refractivity contribution in [2.24, 2.45) is 0 Å². The van der Waals surface area contributed by atoms with Gasteiger partial charge in [0.1, 0.15) is 11.6 Å². The van der Waals surface area contributed by atoms with Crippen LogP contribution in [0.3, 0.4) is 0 Å². The lowest BCUT2D eigenvalue weighted by atomic mass is 9.89. The number of hydrogen-bond acceptors (Lipinski definition) is 4. The number of alkyl halides is 6. The third-order valence-electron chi connectivity index (χ3n) is 7.17. The molecule has 0 spiro atoms. The van der Waals surface area contributed by atoms with Gasteiger partial charge in [0.15, 0.2) is 9.84 Å². The van der Waals surface area contributed by atoms with Gasteiger partial charge in [-0.2, -0.15) is 26.3 Å². The molecule has 1 heterocycles. The summed E-state index contributed by atoms with van der Waals surface area (Å²) in [5.41, 5.74) is -2.43. The summed E-state index contributed by atoms with van der Waals surface area (Å²) in [7, 11) is -2.37. The summed E-state index contributed by atoms with van der Waals surface area (Å²) in [6.45, 7) is 2.89. The number of rotatable bonds is 6. The quantitative estimate of drug-likeness (QED) is 0.421. The maximum atomic E-state index is 13.9. The molecule has 0 bridgehead atoms. The second-order valence-corrected chi connectivity index (χ2v) is 12.6. The van der Waals surface area contributed by atoms with Crippen molar-refractivity contribution < 1.29 is 48.7 Å². The van der Waals surface area contributed by atoms with Crippen LogP contribution in [0.1, 0.15) is 59.7 Å². The van der Waals surface area contributed by atoms with Crippen molar-refractivity contribution >= 4 is 21.8 Å². The Hall–Kier alpha value is -3.36. The highest BCUT2D eigenvalue weighted by molar-refractivity contribution is 7.91. The van der Waals surface area contributed by atoms with Gasteiger partial charge in [-0.3, -0.25) is 4.79 Å². The highest BCUT2D eigenvalue weighted by atomic mass is 32.2. The van der Waals surface area contributed by atoms with Gasteiger partial charge in [-0.15, -0.1) is 0 Å². The van der Waals surface area contributed by atoms with E-state index < -0.39 is 75.0 Å². The molecule has 7 nitrogen and oxygen atoms in total. The van der Waals surface area contributed by atoms with Crippen LogP contribution in [0.4, 0.5) is 35.5 Å². The SMILES string of the molecule is Cc1cc(F)ccc1[C@H]1C[C@@H](NC(=O)CS(C)(=O)=O)CCN1C(=O)N(C)[C@@H](C)c1cc(C(F)(F)F)cc(C(F)(F)F)c1. The number of carbonyl (C=O) groups excluding carboxylic acids is 2. The molecule has 0 unspecified atom stereocenters. The van der Waals surface area contributed by atoms with Gasteiger partial charge in [-0.1, -0.05) is 6.07 Å². The number of carbonyl (C=O) groups is 2. The van der Waals surface area contributed by atoms with Crippen molar-refractivity contribution in [1.82, 2.24) is 15.1 Å². The molecule has 3 atom stereocenters. The van der Waals surface area contributed by atoms with Gasteiger partial charge in [0.2, 0.25) is 5.91 Å². The standard InChI is InChI=1S/C27H30F7N3O4S/c1-15-9-20(28)5-6-22(15)23-13-21(35-24(38)14-42(4,40)41)7-8-37(23)25(39)36(3)16(2)17-10-18(26(29,30)31)12-19(11-17)27(32,33)34/h5-6,9-12,16,21,23H,7-8,13-14H2,1-4H3,(H,35,38)/t16-,21-,23+/m0/s1. The first kappa shape index (κ1) is 33.1. The summed E-state index contributed by atoms with van der Waals surface area (Å²) in [6.07, 6.45) is -8.95. The highest BCUT2D eigenvalue weighted by Crippen LogP contribution is 2.39. The number of piperidine rings is 1. The van der Waals surface area contributed by atoms with Crippen molar-refractivity contribution in [3.8, 4) is 0 Å². The van der Waals surface area contributed by atoms with Crippen molar-refractivity contribution in [1.29, 1.82) is 0 Å². The van der Waals surface area contributed by atoms with E-state index in [1.165, 1.54) is 37.1 Å². The largest absolute Gasteiger partial charge is 0.416 e. The van der Waals surface area contributed by atoms with E-state index in [-0.39, 0.29) is 31.0 Å². The summed E-state index contributed by atoms with van der Waals surface area (Å²) in [5, 5.41) is 2.63. The summed E-state index contributed by atoms with van der Waals surface area (Å²) in [5.74, 6) is -2.03. The van der Waals surface area contributed by atoms with E-state index in [1.54, 1.807) is 6.92 Å². The molecule has 1 aliphatic rings. The molecule has 42 heavy (non-hydrogen) atoms. The molecule has 0 radical (unpaired) electrons. The summed E-state index contributed by atoms with van der Waals surface area (Å²) < 4.78 is 117. The molecule has 1 aliphatic heterocycles. The molecule has 3 amide bonds. The Kier molecular flexibility index (Phi) is 9.54. The third-order valence-corrected chi connectivity index (χ3v) is 7.96. The molecule has 2 aromatic carbocycles. The Labute approximate surface area is 238 Å². The predicted molar refractivity (Wildman–Crippen MR) is 139 cm³/mol. The van der Waals surface area contributed by atoms with Crippen LogP contribution in [0.25, 0.3) is 0 Å². The molecular formula is C27H30F7N3O4S. The lowest BCUT2D eigenvalue weighted by Gasteiger charge is -2.43. The van der Waals surface area contributed by atoms with Gasteiger partial charge in [-0.05, 0) is 73.7 Å². The minimum Gasteiger partial charge on any atom is -0.352 e. The van der Waals surface area contributed by atoms with E-state index >= 15 is 0 Å². The first-order chi connectivity index (χ1) is 19.2. The smallest absolute Gasteiger partial charge is 0.352 e. The third kappa shape index (κ3) is 8.13. The Bertz CT molecular complexity index is 1410. The Balaban J connectivity index is 1.95. The fourth-order valence-electron chi connectivity index (χ4n) is 4.95. The number of hydrogen-bond donors (Lipinski definition) is 1. The molecule has 2 aromatic rings. The van der Waals surface area contributed by atoms with E-state index in [9.17, 15) is 48.7 Å². The van der Waals surface area contributed by atoms with Crippen molar-refractivity contribution in [3.05, 3.63) is 70.0 Å². The molecule has 1 fully saturated rings. The summed E-state index contributed by atoms with van der Waals surface area (Å²) in [4.78, 5) is 28.4. The molecule has 232 valence electrons. The van der Waals surface area contributed by atoms with Gasteiger partial charge < -0.3 is 15.1 Å². The minimum absolute atomic E-state index is 0.00239. The number of urea groups is 1.